The first-order valence-electron chi connectivity index (χ1n) is 8.29. The van der Waals surface area contributed by atoms with Crippen molar-refractivity contribution >= 4 is 5.78 Å². The van der Waals surface area contributed by atoms with E-state index in [1.54, 1.807) is 23.9 Å². The van der Waals surface area contributed by atoms with Crippen molar-refractivity contribution < 1.29 is 9.53 Å². The number of rotatable bonds is 4. The van der Waals surface area contributed by atoms with E-state index in [-0.39, 0.29) is 11.3 Å². The number of hydrogen-bond donors (Lipinski definition) is 0. The van der Waals surface area contributed by atoms with E-state index in [1.807, 2.05) is 47.1 Å². The maximum atomic E-state index is 13.1. The van der Waals surface area contributed by atoms with E-state index in [2.05, 4.69) is 0 Å². The van der Waals surface area contributed by atoms with Crippen LogP contribution < -0.4 is 10.3 Å². The molecule has 0 N–H and O–H groups in total. The fraction of sp³-hybridized carbons (Fsp3) is 0.200. The third kappa shape index (κ3) is 2.48. The minimum Gasteiger partial charge on any atom is -0.497 e. The van der Waals surface area contributed by atoms with Gasteiger partial charge in [0.15, 0.2) is 5.78 Å². The van der Waals surface area contributed by atoms with Crippen LogP contribution in [0.25, 0.3) is 5.69 Å². The number of benzene rings is 2. The topological polar surface area (TPSA) is 53.2 Å². The molecule has 25 heavy (non-hydrogen) atoms. The van der Waals surface area contributed by atoms with Crippen LogP contribution in [0, 0.1) is 0 Å². The molecular weight excluding hydrogens is 316 g/mol. The Morgan fingerprint density at radius 1 is 1.04 bits per heavy atom. The lowest BCUT2D eigenvalue weighted by atomic mass is 10.0. The van der Waals surface area contributed by atoms with Gasteiger partial charge in [0.2, 0.25) is 0 Å². The number of fused-ring (bicyclic) bond motifs is 1. The Balaban J connectivity index is 1.87. The Hall–Kier alpha value is -3.08. The number of methoxy groups -OCH3 is 1. The maximum absolute atomic E-state index is 13.1. The standard InChI is InChI=1S/C20H18N2O3/c1-25-16-11-9-15(10-12-16)22-20(24)18(17-8-5-13-21(17)22)19(23)14-6-3-2-4-7-14/h2-4,6-7,9-12H,5,8,13H2,1H3. The van der Waals surface area contributed by atoms with E-state index in [1.165, 1.54) is 0 Å². The molecule has 1 aliphatic rings. The molecule has 0 unspecified atom stereocenters. The summed E-state index contributed by atoms with van der Waals surface area (Å²) in [5, 5.41) is 0. The van der Waals surface area contributed by atoms with Crippen LogP contribution in [-0.4, -0.2) is 22.3 Å². The fourth-order valence-electron chi connectivity index (χ4n) is 3.42. The second-order valence-corrected chi connectivity index (χ2v) is 6.06. The highest BCUT2D eigenvalue weighted by molar-refractivity contribution is 6.09. The van der Waals surface area contributed by atoms with Crippen molar-refractivity contribution in [2.75, 3.05) is 7.11 Å². The fourth-order valence-corrected chi connectivity index (χ4v) is 3.42. The van der Waals surface area contributed by atoms with E-state index >= 15 is 0 Å². The lowest BCUT2D eigenvalue weighted by Crippen LogP contribution is -2.24. The van der Waals surface area contributed by atoms with Crippen LogP contribution >= 0.6 is 0 Å². The molecule has 0 saturated heterocycles. The zero-order valence-electron chi connectivity index (χ0n) is 13.9. The second kappa shape index (κ2) is 6.09. The summed E-state index contributed by atoms with van der Waals surface area (Å²) in [6.07, 6.45) is 1.67. The van der Waals surface area contributed by atoms with E-state index in [0.29, 0.717) is 11.1 Å². The summed E-state index contributed by atoms with van der Waals surface area (Å²) >= 11 is 0. The Morgan fingerprint density at radius 2 is 1.76 bits per heavy atom. The van der Waals surface area contributed by atoms with Crippen LogP contribution in [0.4, 0.5) is 0 Å². The number of hydrogen-bond acceptors (Lipinski definition) is 3. The predicted octanol–water partition coefficient (Wildman–Crippen LogP) is 2.82. The third-order valence-corrected chi connectivity index (χ3v) is 4.61. The van der Waals surface area contributed by atoms with Gasteiger partial charge in [-0.2, -0.15) is 0 Å². The molecule has 2 heterocycles. The molecule has 0 radical (unpaired) electrons. The van der Waals surface area contributed by atoms with Gasteiger partial charge in [0.25, 0.3) is 5.56 Å². The Kier molecular flexibility index (Phi) is 3.76. The molecule has 1 aromatic heterocycles. The summed E-state index contributed by atoms with van der Waals surface area (Å²) in [7, 11) is 1.60. The van der Waals surface area contributed by atoms with E-state index in [0.717, 1.165) is 36.5 Å². The molecule has 5 nitrogen and oxygen atoms in total. The number of ether oxygens (including phenoxy) is 1. The van der Waals surface area contributed by atoms with Crippen molar-refractivity contribution in [2.45, 2.75) is 19.4 Å². The second-order valence-electron chi connectivity index (χ2n) is 6.06. The minimum atomic E-state index is -0.256. The summed E-state index contributed by atoms with van der Waals surface area (Å²) < 4.78 is 8.72. The summed E-state index contributed by atoms with van der Waals surface area (Å²) in [5.74, 6) is 0.522. The van der Waals surface area contributed by atoms with Gasteiger partial charge in [-0.1, -0.05) is 30.3 Å². The average molecular weight is 334 g/mol. The van der Waals surface area contributed by atoms with Gasteiger partial charge in [-0.05, 0) is 37.1 Å². The summed E-state index contributed by atoms with van der Waals surface area (Å²) in [5.41, 5.74) is 2.14. The molecule has 0 atom stereocenters. The molecule has 0 aliphatic carbocycles. The molecule has 1 aliphatic heterocycles. The van der Waals surface area contributed by atoms with Gasteiger partial charge in [0.05, 0.1) is 18.5 Å². The van der Waals surface area contributed by atoms with Crippen LogP contribution in [0.5, 0.6) is 5.75 Å². The van der Waals surface area contributed by atoms with Gasteiger partial charge < -0.3 is 4.74 Å². The lowest BCUT2D eigenvalue weighted by molar-refractivity contribution is 0.103. The highest BCUT2D eigenvalue weighted by atomic mass is 16.5. The van der Waals surface area contributed by atoms with Crippen LogP contribution in [-0.2, 0) is 13.0 Å². The monoisotopic (exact) mass is 334 g/mol. The van der Waals surface area contributed by atoms with Crippen molar-refractivity contribution in [3.05, 3.63) is 81.8 Å². The summed E-state index contributed by atoms with van der Waals surface area (Å²) in [6.45, 7) is 0.735. The molecule has 0 spiro atoms. The third-order valence-electron chi connectivity index (χ3n) is 4.61. The normalized spacial score (nSPS) is 12.8. The highest BCUT2D eigenvalue weighted by Gasteiger charge is 2.29. The molecule has 0 fully saturated rings. The Labute approximate surface area is 145 Å². The zero-order chi connectivity index (χ0) is 17.4. The summed E-state index contributed by atoms with van der Waals surface area (Å²) in [4.78, 5) is 26.0. The number of aromatic nitrogens is 2. The number of nitrogens with zero attached hydrogens (tertiary/aromatic N) is 2. The van der Waals surface area contributed by atoms with Crippen molar-refractivity contribution in [3.63, 3.8) is 0 Å². The quantitative estimate of drug-likeness (QED) is 0.690. The number of carbonyl (C=O) groups excluding carboxylic acids is 1. The SMILES string of the molecule is COc1ccc(-n2c(=O)c(C(=O)c3ccccc3)c3n2CCC3)cc1. The first kappa shape index (κ1) is 15.4. The molecular formula is C20H18N2O3. The molecule has 0 amide bonds. The maximum Gasteiger partial charge on any atom is 0.282 e. The molecule has 4 rings (SSSR count). The first-order chi connectivity index (χ1) is 12.2. The van der Waals surface area contributed by atoms with E-state index in [4.69, 9.17) is 4.74 Å². The molecule has 5 heteroatoms. The van der Waals surface area contributed by atoms with Crippen LogP contribution in [0.2, 0.25) is 0 Å². The van der Waals surface area contributed by atoms with Gasteiger partial charge in [-0.3, -0.25) is 14.3 Å². The highest BCUT2D eigenvalue weighted by Crippen LogP contribution is 2.23. The first-order valence-corrected chi connectivity index (χ1v) is 8.29. The molecule has 0 bridgehead atoms. The molecule has 0 saturated carbocycles. The Bertz CT molecular complexity index is 982. The largest absolute Gasteiger partial charge is 0.497 e. The number of carbonyl (C=O) groups is 1. The van der Waals surface area contributed by atoms with Crippen LogP contribution in [0.3, 0.4) is 0 Å². The lowest BCUT2D eigenvalue weighted by Gasteiger charge is -2.09. The van der Waals surface area contributed by atoms with Gasteiger partial charge in [-0.15, -0.1) is 0 Å². The van der Waals surface area contributed by atoms with E-state index < -0.39 is 0 Å². The van der Waals surface area contributed by atoms with E-state index in [9.17, 15) is 9.59 Å². The smallest absolute Gasteiger partial charge is 0.282 e. The van der Waals surface area contributed by atoms with Crippen LogP contribution in [0.15, 0.2) is 59.4 Å². The minimum absolute atomic E-state index is 0.205. The van der Waals surface area contributed by atoms with Gasteiger partial charge in [-0.25, -0.2) is 4.68 Å². The average Bonchev–Trinajstić information content (AvgIpc) is 3.22. The number of ketones is 1. The van der Waals surface area contributed by atoms with Crippen molar-refractivity contribution in [1.82, 2.24) is 9.36 Å². The van der Waals surface area contributed by atoms with Crippen molar-refractivity contribution in [2.24, 2.45) is 0 Å². The zero-order valence-corrected chi connectivity index (χ0v) is 13.9. The van der Waals surface area contributed by atoms with Crippen molar-refractivity contribution in [3.8, 4) is 11.4 Å². The Morgan fingerprint density at radius 3 is 2.44 bits per heavy atom. The van der Waals surface area contributed by atoms with Crippen LogP contribution in [0.1, 0.15) is 28.0 Å². The predicted molar refractivity (Wildman–Crippen MR) is 94.8 cm³/mol. The molecule has 126 valence electrons. The van der Waals surface area contributed by atoms with Gasteiger partial charge in [0, 0.05) is 12.1 Å². The molecule has 3 aromatic rings. The van der Waals surface area contributed by atoms with Gasteiger partial charge >= 0.3 is 0 Å². The van der Waals surface area contributed by atoms with Crippen molar-refractivity contribution in [1.29, 1.82) is 0 Å². The van der Waals surface area contributed by atoms with Gasteiger partial charge in [0.1, 0.15) is 11.3 Å². The molecule has 2 aromatic carbocycles. The summed E-state index contributed by atoms with van der Waals surface area (Å²) in [6, 6.07) is 16.3.